The molecule has 1 aromatic carbocycles. The van der Waals surface area contributed by atoms with Gasteiger partial charge in [-0.2, -0.15) is 4.72 Å². The minimum atomic E-state index is -3.89. The zero-order valence-electron chi connectivity index (χ0n) is 12.6. The summed E-state index contributed by atoms with van der Waals surface area (Å²) in [5.74, 6) is -0.916. The van der Waals surface area contributed by atoms with Gasteiger partial charge < -0.3 is 9.84 Å². The third kappa shape index (κ3) is 4.18. The smallest absolute Gasteiger partial charge is 0.322 e. The van der Waals surface area contributed by atoms with E-state index in [1.165, 1.54) is 19.2 Å². The van der Waals surface area contributed by atoms with Gasteiger partial charge in [0.25, 0.3) is 0 Å². The zero-order valence-corrected chi connectivity index (χ0v) is 13.4. The summed E-state index contributed by atoms with van der Waals surface area (Å²) in [5.41, 5.74) is 0.663. The van der Waals surface area contributed by atoms with E-state index in [2.05, 4.69) is 4.72 Å². The number of carboxylic acids is 1. The Balaban J connectivity index is 3.10. The first kappa shape index (κ1) is 17.5. The third-order valence-corrected chi connectivity index (χ3v) is 4.88. The number of ether oxygens (including phenoxy) is 1. The molecule has 7 heteroatoms. The average molecular weight is 315 g/mol. The molecule has 0 aromatic heterocycles. The molecule has 0 saturated heterocycles. The minimum absolute atomic E-state index is 0.0235. The van der Waals surface area contributed by atoms with E-state index in [1.54, 1.807) is 19.9 Å². The van der Waals surface area contributed by atoms with Crippen LogP contribution in [0.1, 0.15) is 25.8 Å². The fourth-order valence-corrected chi connectivity index (χ4v) is 3.28. The molecule has 2 N–H and O–H groups in total. The van der Waals surface area contributed by atoms with Crippen molar-refractivity contribution in [2.45, 2.75) is 38.1 Å². The molecule has 0 radical (unpaired) electrons. The Kier molecular flexibility index (Phi) is 5.74. The van der Waals surface area contributed by atoms with Crippen molar-refractivity contribution >= 4 is 16.0 Å². The maximum Gasteiger partial charge on any atom is 0.322 e. The molecular weight excluding hydrogens is 294 g/mol. The predicted molar refractivity (Wildman–Crippen MR) is 78.9 cm³/mol. The van der Waals surface area contributed by atoms with Crippen LogP contribution in [0.2, 0.25) is 0 Å². The second-order valence-corrected chi connectivity index (χ2v) is 6.67. The van der Waals surface area contributed by atoms with Crippen LogP contribution in [0.4, 0.5) is 0 Å². The van der Waals surface area contributed by atoms with Gasteiger partial charge in [-0.25, -0.2) is 8.42 Å². The summed E-state index contributed by atoms with van der Waals surface area (Å²) >= 11 is 0. The molecule has 0 aliphatic heterocycles. The number of benzene rings is 1. The molecule has 0 saturated carbocycles. The molecule has 0 amide bonds. The summed E-state index contributed by atoms with van der Waals surface area (Å²) in [6.45, 7) is 5.23. The van der Waals surface area contributed by atoms with Gasteiger partial charge in [-0.3, -0.25) is 4.79 Å². The van der Waals surface area contributed by atoms with Crippen molar-refractivity contribution in [1.29, 1.82) is 0 Å². The largest absolute Gasteiger partial charge is 0.496 e. The van der Waals surface area contributed by atoms with Crippen molar-refractivity contribution in [3.05, 3.63) is 23.8 Å². The second kappa shape index (κ2) is 6.91. The highest BCUT2D eigenvalue weighted by molar-refractivity contribution is 7.89. The number of carbonyl (C=O) groups is 1. The summed E-state index contributed by atoms with van der Waals surface area (Å²) in [4.78, 5) is 11.3. The number of rotatable bonds is 7. The standard InChI is InChI=1S/C14H21NO5S/c1-5-9(2)13(14(16)17)15-21(18,19)11-6-7-12(20-4)10(3)8-11/h6-9,13,15H,5H2,1-4H3,(H,16,17)/t9?,13-/m0/s1. The molecule has 6 nitrogen and oxygen atoms in total. The van der Waals surface area contributed by atoms with E-state index in [4.69, 9.17) is 4.74 Å². The number of sulfonamides is 1. The summed E-state index contributed by atoms with van der Waals surface area (Å²) in [5, 5.41) is 9.17. The molecule has 1 rings (SSSR count). The van der Waals surface area contributed by atoms with E-state index in [1.807, 2.05) is 6.92 Å². The second-order valence-electron chi connectivity index (χ2n) is 4.95. The molecule has 21 heavy (non-hydrogen) atoms. The molecule has 1 aromatic rings. The van der Waals surface area contributed by atoms with E-state index in [0.29, 0.717) is 17.7 Å². The van der Waals surface area contributed by atoms with E-state index in [9.17, 15) is 18.3 Å². The first-order chi connectivity index (χ1) is 9.72. The Morgan fingerprint density at radius 3 is 2.48 bits per heavy atom. The maximum atomic E-state index is 12.3. The third-order valence-electron chi connectivity index (χ3n) is 3.44. The Morgan fingerprint density at radius 2 is 2.05 bits per heavy atom. The van der Waals surface area contributed by atoms with Crippen molar-refractivity contribution in [3.8, 4) is 5.75 Å². The van der Waals surface area contributed by atoms with Crippen LogP contribution in [-0.4, -0.2) is 32.6 Å². The summed E-state index contributed by atoms with van der Waals surface area (Å²) < 4.78 is 31.9. The highest BCUT2D eigenvalue weighted by Gasteiger charge is 2.29. The Morgan fingerprint density at radius 1 is 1.43 bits per heavy atom. The lowest BCUT2D eigenvalue weighted by Crippen LogP contribution is -2.44. The van der Waals surface area contributed by atoms with Crippen LogP contribution in [-0.2, 0) is 14.8 Å². The van der Waals surface area contributed by atoms with Gasteiger partial charge >= 0.3 is 5.97 Å². The molecule has 118 valence electrons. The number of nitrogens with one attached hydrogen (secondary N) is 1. The molecule has 0 aliphatic rings. The quantitative estimate of drug-likeness (QED) is 0.800. The predicted octanol–water partition coefficient (Wildman–Crippen LogP) is 1.78. The highest BCUT2D eigenvalue weighted by atomic mass is 32.2. The van der Waals surface area contributed by atoms with E-state index in [-0.39, 0.29) is 10.8 Å². The zero-order chi connectivity index (χ0) is 16.2. The van der Waals surface area contributed by atoms with Crippen LogP contribution in [0.3, 0.4) is 0 Å². The van der Waals surface area contributed by atoms with Gasteiger partial charge in [0.15, 0.2) is 0 Å². The summed E-state index contributed by atoms with van der Waals surface area (Å²) in [6.07, 6.45) is 0.557. The monoisotopic (exact) mass is 315 g/mol. The normalized spacial score (nSPS) is 14.5. The number of carboxylic acid groups (broad SMARTS) is 1. The van der Waals surface area contributed by atoms with Crippen LogP contribution < -0.4 is 9.46 Å². The summed E-state index contributed by atoms with van der Waals surface area (Å²) in [6, 6.07) is 3.24. The van der Waals surface area contributed by atoms with E-state index < -0.39 is 22.0 Å². The molecule has 0 fully saturated rings. The number of hydrogen-bond acceptors (Lipinski definition) is 4. The van der Waals surface area contributed by atoms with Crippen molar-refractivity contribution in [3.63, 3.8) is 0 Å². The Bertz CT molecular complexity index is 612. The van der Waals surface area contributed by atoms with Crippen LogP contribution in [0.25, 0.3) is 0 Å². The van der Waals surface area contributed by atoms with E-state index >= 15 is 0 Å². The highest BCUT2D eigenvalue weighted by Crippen LogP contribution is 2.22. The fourth-order valence-electron chi connectivity index (χ4n) is 1.90. The Hall–Kier alpha value is -1.60. The lowest BCUT2D eigenvalue weighted by molar-refractivity contribution is -0.140. The number of aliphatic carboxylic acids is 1. The Labute approximate surface area is 125 Å². The van der Waals surface area contributed by atoms with Gasteiger partial charge in [0.1, 0.15) is 11.8 Å². The van der Waals surface area contributed by atoms with Crippen LogP contribution in [0.5, 0.6) is 5.75 Å². The van der Waals surface area contributed by atoms with E-state index in [0.717, 1.165) is 0 Å². The van der Waals surface area contributed by atoms with Crippen molar-refractivity contribution in [2.24, 2.45) is 5.92 Å². The molecular formula is C14H21NO5S. The van der Waals surface area contributed by atoms with Crippen molar-refractivity contribution in [1.82, 2.24) is 4.72 Å². The molecule has 0 heterocycles. The maximum absolute atomic E-state index is 12.3. The van der Waals surface area contributed by atoms with Gasteiger partial charge in [-0.05, 0) is 36.6 Å². The number of methoxy groups -OCH3 is 1. The molecule has 1 unspecified atom stereocenters. The lowest BCUT2D eigenvalue weighted by atomic mass is 10.0. The van der Waals surface area contributed by atoms with Gasteiger partial charge in [-0.15, -0.1) is 0 Å². The van der Waals surface area contributed by atoms with Crippen LogP contribution >= 0.6 is 0 Å². The lowest BCUT2D eigenvalue weighted by Gasteiger charge is -2.20. The number of hydrogen-bond donors (Lipinski definition) is 2. The molecule has 2 atom stereocenters. The summed E-state index contributed by atoms with van der Waals surface area (Å²) in [7, 11) is -2.40. The fraction of sp³-hybridized carbons (Fsp3) is 0.500. The van der Waals surface area contributed by atoms with Crippen molar-refractivity contribution in [2.75, 3.05) is 7.11 Å². The first-order valence-electron chi connectivity index (χ1n) is 6.62. The minimum Gasteiger partial charge on any atom is -0.496 e. The number of aryl methyl sites for hydroxylation is 1. The topological polar surface area (TPSA) is 92.7 Å². The van der Waals surface area contributed by atoms with Gasteiger partial charge in [0.2, 0.25) is 10.0 Å². The average Bonchev–Trinajstić information content (AvgIpc) is 2.43. The van der Waals surface area contributed by atoms with Crippen LogP contribution in [0, 0.1) is 12.8 Å². The molecule has 0 bridgehead atoms. The SMILES string of the molecule is CCC(C)[C@H](NS(=O)(=O)c1ccc(OC)c(C)c1)C(=O)O. The molecule has 0 aliphatic carbocycles. The van der Waals surface area contributed by atoms with Gasteiger partial charge in [0, 0.05) is 0 Å². The molecule has 0 spiro atoms. The van der Waals surface area contributed by atoms with Crippen molar-refractivity contribution < 1.29 is 23.1 Å². The van der Waals surface area contributed by atoms with Crippen LogP contribution in [0.15, 0.2) is 23.1 Å². The first-order valence-corrected chi connectivity index (χ1v) is 8.11. The van der Waals surface area contributed by atoms with Gasteiger partial charge in [-0.1, -0.05) is 20.3 Å². The van der Waals surface area contributed by atoms with Gasteiger partial charge in [0.05, 0.1) is 12.0 Å².